The van der Waals surface area contributed by atoms with Gasteiger partial charge in [-0.1, -0.05) is 6.92 Å². The van der Waals surface area contributed by atoms with E-state index in [1.54, 1.807) is 0 Å². The molecule has 1 aliphatic rings. The standard InChI is InChI=1S/C10H23N3O4S2/c1-4-9-18(14,15)13-7-5-10(6-8-13)11-19(16,17)12(2)3/h10-11H,4-9H2,1-3H3. The van der Waals surface area contributed by atoms with Crippen LogP contribution in [0.5, 0.6) is 0 Å². The van der Waals surface area contributed by atoms with E-state index in [1.165, 1.54) is 18.4 Å². The summed E-state index contributed by atoms with van der Waals surface area (Å²) < 4.78 is 52.2. The summed E-state index contributed by atoms with van der Waals surface area (Å²) in [6.45, 7) is 2.58. The molecule has 1 saturated heterocycles. The van der Waals surface area contributed by atoms with Crippen molar-refractivity contribution in [2.45, 2.75) is 32.2 Å². The predicted octanol–water partition coefficient (Wildman–Crippen LogP) is -0.413. The van der Waals surface area contributed by atoms with Crippen molar-refractivity contribution >= 4 is 20.2 Å². The van der Waals surface area contributed by atoms with Gasteiger partial charge in [0, 0.05) is 33.2 Å². The van der Waals surface area contributed by atoms with Crippen molar-refractivity contribution in [1.82, 2.24) is 13.3 Å². The molecule has 0 aromatic carbocycles. The van der Waals surface area contributed by atoms with Crippen LogP contribution in [0.4, 0.5) is 0 Å². The Labute approximate surface area is 116 Å². The Morgan fingerprint density at radius 1 is 1.16 bits per heavy atom. The molecule has 0 spiro atoms. The van der Waals surface area contributed by atoms with Crippen LogP contribution in [-0.2, 0) is 20.2 Å². The van der Waals surface area contributed by atoms with Crippen molar-refractivity contribution < 1.29 is 16.8 Å². The minimum absolute atomic E-state index is 0.154. The van der Waals surface area contributed by atoms with Crippen molar-refractivity contribution in [1.29, 1.82) is 0 Å². The fourth-order valence-electron chi connectivity index (χ4n) is 1.95. The number of piperidine rings is 1. The van der Waals surface area contributed by atoms with Crippen LogP contribution < -0.4 is 4.72 Å². The van der Waals surface area contributed by atoms with E-state index >= 15 is 0 Å². The molecule has 0 aliphatic carbocycles. The van der Waals surface area contributed by atoms with Gasteiger partial charge in [-0.25, -0.2) is 12.7 Å². The van der Waals surface area contributed by atoms with E-state index in [0.29, 0.717) is 32.4 Å². The van der Waals surface area contributed by atoms with E-state index in [2.05, 4.69) is 4.72 Å². The first-order valence-electron chi connectivity index (χ1n) is 6.36. The Bertz CT molecular complexity index is 479. The number of sulfonamides is 1. The highest BCUT2D eigenvalue weighted by atomic mass is 32.2. The van der Waals surface area contributed by atoms with Gasteiger partial charge in [0.1, 0.15) is 0 Å². The summed E-state index contributed by atoms with van der Waals surface area (Å²) in [6, 6.07) is -0.194. The number of hydrogen-bond donors (Lipinski definition) is 1. The van der Waals surface area contributed by atoms with Crippen LogP contribution in [0.15, 0.2) is 0 Å². The topological polar surface area (TPSA) is 86.8 Å². The van der Waals surface area contributed by atoms with Crippen molar-refractivity contribution in [3.05, 3.63) is 0 Å². The molecule has 0 aromatic heterocycles. The summed E-state index contributed by atoms with van der Waals surface area (Å²) >= 11 is 0. The molecule has 1 N–H and O–H groups in total. The minimum Gasteiger partial charge on any atom is -0.212 e. The molecular formula is C10H23N3O4S2. The monoisotopic (exact) mass is 313 g/mol. The predicted molar refractivity (Wildman–Crippen MR) is 74.4 cm³/mol. The Kier molecular flexibility index (Phi) is 5.75. The zero-order valence-electron chi connectivity index (χ0n) is 11.7. The number of nitrogens with zero attached hydrogens (tertiary/aromatic N) is 2. The van der Waals surface area contributed by atoms with Gasteiger partial charge in [-0.2, -0.15) is 17.4 Å². The van der Waals surface area contributed by atoms with Gasteiger partial charge in [-0.05, 0) is 19.3 Å². The van der Waals surface area contributed by atoms with Gasteiger partial charge in [-0.3, -0.25) is 0 Å². The van der Waals surface area contributed by atoms with Crippen molar-refractivity contribution in [2.24, 2.45) is 0 Å². The summed E-state index contributed by atoms with van der Waals surface area (Å²) in [5, 5.41) is 0. The molecule has 0 atom stereocenters. The molecule has 1 fully saturated rings. The van der Waals surface area contributed by atoms with Crippen LogP contribution in [-0.4, -0.2) is 64.4 Å². The Hall–Kier alpha value is -0.220. The maximum atomic E-state index is 11.9. The molecule has 0 aromatic rings. The first-order valence-corrected chi connectivity index (χ1v) is 9.41. The maximum Gasteiger partial charge on any atom is 0.279 e. The first-order chi connectivity index (χ1) is 8.69. The molecule has 0 amide bonds. The van der Waals surface area contributed by atoms with E-state index in [4.69, 9.17) is 0 Å². The van der Waals surface area contributed by atoms with Gasteiger partial charge in [-0.15, -0.1) is 0 Å². The van der Waals surface area contributed by atoms with Gasteiger partial charge >= 0.3 is 0 Å². The Morgan fingerprint density at radius 3 is 2.11 bits per heavy atom. The molecule has 0 bridgehead atoms. The molecule has 0 saturated carbocycles. The molecule has 1 heterocycles. The average molecular weight is 313 g/mol. The smallest absolute Gasteiger partial charge is 0.212 e. The number of hydrogen-bond acceptors (Lipinski definition) is 4. The van der Waals surface area contributed by atoms with Crippen LogP contribution in [0.1, 0.15) is 26.2 Å². The van der Waals surface area contributed by atoms with Crippen LogP contribution in [0.25, 0.3) is 0 Å². The lowest BCUT2D eigenvalue weighted by Gasteiger charge is -2.31. The highest BCUT2D eigenvalue weighted by Crippen LogP contribution is 2.16. The maximum absolute atomic E-state index is 11.9. The molecule has 0 radical (unpaired) electrons. The first kappa shape index (κ1) is 16.8. The lowest BCUT2D eigenvalue weighted by Crippen LogP contribution is -2.49. The van der Waals surface area contributed by atoms with Gasteiger partial charge in [0.2, 0.25) is 10.0 Å². The van der Waals surface area contributed by atoms with E-state index in [0.717, 1.165) is 4.31 Å². The summed E-state index contributed by atoms with van der Waals surface area (Å²) in [7, 11) is -3.69. The lowest BCUT2D eigenvalue weighted by atomic mass is 10.1. The molecule has 7 nitrogen and oxygen atoms in total. The van der Waals surface area contributed by atoms with Crippen molar-refractivity contribution in [3.63, 3.8) is 0 Å². The Morgan fingerprint density at radius 2 is 1.68 bits per heavy atom. The van der Waals surface area contributed by atoms with E-state index in [9.17, 15) is 16.8 Å². The van der Waals surface area contributed by atoms with E-state index < -0.39 is 20.2 Å². The molecule has 114 valence electrons. The zero-order valence-corrected chi connectivity index (χ0v) is 13.3. The van der Waals surface area contributed by atoms with Crippen LogP contribution in [0.2, 0.25) is 0 Å². The highest BCUT2D eigenvalue weighted by molar-refractivity contribution is 7.89. The summed E-state index contributed by atoms with van der Waals surface area (Å²) in [5.41, 5.74) is 0. The van der Waals surface area contributed by atoms with Crippen molar-refractivity contribution in [3.8, 4) is 0 Å². The molecule has 1 aliphatic heterocycles. The van der Waals surface area contributed by atoms with Crippen LogP contribution in [0, 0.1) is 0 Å². The second-order valence-electron chi connectivity index (χ2n) is 4.89. The number of nitrogens with one attached hydrogen (secondary N) is 1. The fourth-order valence-corrected chi connectivity index (χ4v) is 4.36. The normalized spacial score (nSPS) is 20.0. The van der Waals surface area contributed by atoms with Crippen LogP contribution >= 0.6 is 0 Å². The summed E-state index contributed by atoms with van der Waals surface area (Å²) in [5.74, 6) is 0.154. The average Bonchev–Trinajstić information content (AvgIpc) is 2.28. The van der Waals surface area contributed by atoms with Crippen molar-refractivity contribution in [2.75, 3.05) is 32.9 Å². The zero-order chi connectivity index (χ0) is 14.7. The second-order valence-corrected chi connectivity index (χ2v) is 8.90. The fraction of sp³-hybridized carbons (Fsp3) is 1.00. The van der Waals surface area contributed by atoms with Crippen LogP contribution in [0.3, 0.4) is 0 Å². The molecule has 1 rings (SSSR count). The van der Waals surface area contributed by atoms with Gasteiger partial charge < -0.3 is 0 Å². The third-order valence-electron chi connectivity index (χ3n) is 3.11. The lowest BCUT2D eigenvalue weighted by molar-refractivity contribution is 0.306. The van der Waals surface area contributed by atoms with Gasteiger partial charge in [0.15, 0.2) is 0 Å². The van der Waals surface area contributed by atoms with E-state index in [-0.39, 0.29) is 11.8 Å². The van der Waals surface area contributed by atoms with E-state index in [1.807, 2.05) is 6.92 Å². The van der Waals surface area contributed by atoms with Gasteiger partial charge in [0.05, 0.1) is 5.75 Å². The van der Waals surface area contributed by atoms with Gasteiger partial charge in [0.25, 0.3) is 10.2 Å². The largest absolute Gasteiger partial charge is 0.279 e. The summed E-state index contributed by atoms with van der Waals surface area (Å²) in [4.78, 5) is 0. The summed E-state index contributed by atoms with van der Waals surface area (Å²) in [6.07, 6.45) is 1.61. The Balaban J connectivity index is 2.55. The molecular weight excluding hydrogens is 290 g/mol. The molecule has 19 heavy (non-hydrogen) atoms. The number of rotatable bonds is 6. The third-order valence-corrected chi connectivity index (χ3v) is 6.77. The highest BCUT2D eigenvalue weighted by Gasteiger charge is 2.29. The second kappa shape index (κ2) is 6.49. The third kappa shape index (κ3) is 4.67. The minimum atomic E-state index is -3.45. The SMILES string of the molecule is CCCS(=O)(=O)N1CCC(NS(=O)(=O)N(C)C)CC1. The molecule has 9 heteroatoms. The quantitative estimate of drug-likeness (QED) is 0.722. The molecule has 0 unspecified atom stereocenters.